The van der Waals surface area contributed by atoms with Gasteiger partial charge in [0.1, 0.15) is 11.5 Å². The largest absolute Gasteiger partial charge is 1.00 e. The van der Waals surface area contributed by atoms with Crippen molar-refractivity contribution in [2.75, 3.05) is 14.2 Å². The Balaban J connectivity index is 0.00000144. The molecule has 0 heterocycles. The molecule has 5 radical (unpaired) electrons. The van der Waals surface area contributed by atoms with E-state index in [9.17, 15) is 0 Å². The summed E-state index contributed by atoms with van der Waals surface area (Å²) < 4.78 is 10.5. The molecule has 0 bridgehead atoms. The summed E-state index contributed by atoms with van der Waals surface area (Å²) in [4.78, 5) is 0. The number of hydrogen-bond donors (Lipinski definition) is 0. The molecule has 1 aliphatic rings. The molecule has 0 N–H and O–H groups in total. The van der Waals surface area contributed by atoms with Gasteiger partial charge in [0, 0.05) is 6.07 Å². The van der Waals surface area contributed by atoms with Crippen LogP contribution in [0.2, 0.25) is 0 Å². The molecule has 2 rings (SSSR count). The summed E-state index contributed by atoms with van der Waals surface area (Å²) in [5.74, 6) is 2.99. The predicted octanol–water partition coefficient (Wildman–Crippen LogP) is -0.344. The molecule has 1 aromatic rings. The van der Waals surface area contributed by atoms with E-state index in [2.05, 4.69) is 12.8 Å². The molecule has 0 aromatic heterocycles. The third-order valence-electron chi connectivity index (χ3n) is 2.62. The van der Waals surface area contributed by atoms with E-state index in [-0.39, 0.29) is 18.9 Å². The van der Waals surface area contributed by atoms with E-state index in [4.69, 9.17) is 9.47 Å². The Morgan fingerprint density at radius 1 is 1.00 bits per heavy atom. The first-order chi connectivity index (χ1) is 7.83. The maximum atomic E-state index is 5.36. The van der Waals surface area contributed by atoms with Crippen LogP contribution in [0.25, 0.3) is 0 Å². The maximum absolute atomic E-state index is 5.36. The topological polar surface area (TPSA) is 18.5 Å². The van der Waals surface area contributed by atoms with Gasteiger partial charge >= 0.3 is 18.9 Å². The van der Waals surface area contributed by atoms with Crippen LogP contribution in [0, 0.1) is 31.6 Å². The van der Waals surface area contributed by atoms with Crippen LogP contribution in [0.3, 0.4) is 0 Å². The van der Waals surface area contributed by atoms with Crippen molar-refractivity contribution in [2.45, 2.75) is 6.42 Å². The smallest absolute Gasteiger partial charge is 0.497 e. The first kappa shape index (κ1) is 14.5. The molecular weight excluding hydrogens is 207 g/mol. The van der Waals surface area contributed by atoms with Crippen molar-refractivity contribution in [3.63, 3.8) is 0 Å². The number of benzene rings is 1. The van der Waals surface area contributed by atoms with E-state index in [0.717, 1.165) is 17.9 Å². The molecule has 1 saturated carbocycles. The zero-order chi connectivity index (χ0) is 11.4. The summed E-state index contributed by atoms with van der Waals surface area (Å²) in [5.41, 5.74) is 1.18. The van der Waals surface area contributed by atoms with Crippen LogP contribution < -0.4 is 28.3 Å². The van der Waals surface area contributed by atoms with Crippen LogP contribution in [-0.2, 0) is 6.42 Å². The summed E-state index contributed by atoms with van der Waals surface area (Å²) in [7, 11) is 3.34. The molecule has 83 valence electrons. The van der Waals surface area contributed by atoms with Crippen molar-refractivity contribution in [1.29, 1.82) is 0 Å². The summed E-state index contributed by atoms with van der Waals surface area (Å²) in [6.45, 7) is 0. The van der Waals surface area contributed by atoms with E-state index in [0.29, 0.717) is 0 Å². The van der Waals surface area contributed by atoms with Gasteiger partial charge < -0.3 is 9.47 Å². The normalized spacial score (nSPS) is 15.4. The Bertz CT molecular complexity index is 346. The molecule has 0 spiro atoms. The first-order valence-corrected chi connectivity index (χ1v) is 5.25. The minimum Gasteiger partial charge on any atom is -0.497 e. The van der Waals surface area contributed by atoms with Gasteiger partial charge in [-0.2, -0.15) is 0 Å². The maximum Gasteiger partial charge on any atom is 1.00 e. The zero-order valence-corrected chi connectivity index (χ0v) is 10.6. The molecule has 0 saturated heterocycles. The minimum atomic E-state index is 0. The fourth-order valence-electron chi connectivity index (χ4n) is 1.75. The quantitative estimate of drug-likeness (QED) is 0.649. The van der Waals surface area contributed by atoms with Crippen LogP contribution in [0.1, 0.15) is 5.56 Å². The fourth-order valence-corrected chi connectivity index (χ4v) is 1.75. The van der Waals surface area contributed by atoms with Crippen LogP contribution in [0.15, 0.2) is 18.2 Å². The Kier molecular flexibility index (Phi) is 5.95. The van der Waals surface area contributed by atoms with Crippen molar-refractivity contribution in [3.05, 3.63) is 55.4 Å². The summed E-state index contributed by atoms with van der Waals surface area (Å²) in [5, 5.41) is 0. The Morgan fingerprint density at radius 3 is 2.29 bits per heavy atom. The monoisotopic (exact) mass is 222 g/mol. The molecule has 17 heavy (non-hydrogen) atoms. The average Bonchev–Trinajstić information content (AvgIpc) is 2.82. The minimum absolute atomic E-state index is 0. The summed E-state index contributed by atoms with van der Waals surface area (Å²) in [6, 6.07) is 5.92. The van der Waals surface area contributed by atoms with E-state index < -0.39 is 0 Å². The van der Waals surface area contributed by atoms with Crippen LogP contribution >= 0.6 is 0 Å². The van der Waals surface area contributed by atoms with Crippen LogP contribution in [-0.4, -0.2) is 14.2 Å². The van der Waals surface area contributed by atoms with Crippen molar-refractivity contribution in [2.24, 2.45) is 0 Å². The second-order valence-corrected chi connectivity index (χ2v) is 3.65. The molecule has 2 nitrogen and oxygen atoms in total. The second-order valence-electron chi connectivity index (χ2n) is 3.65. The van der Waals surface area contributed by atoms with E-state index in [1.54, 1.807) is 14.2 Å². The number of methoxy groups -OCH3 is 2. The molecular formula is C14H15LiO2+. The third-order valence-corrected chi connectivity index (χ3v) is 2.62. The number of hydrogen-bond acceptors (Lipinski definition) is 2. The van der Waals surface area contributed by atoms with Crippen molar-refractivity contribution < 1.29 is 28.3 Å². The second kappa shape index (κ2) is 6.99. The molecule has 1 aliphatic carbocycles. The molecule has 1 aromatic carbocycles. The predicted molar refractivity (Wildman–Crippen MR) is 63.7 cm³/mol. The summed E-state index contributed by atoms with van der Waals surface area (Å²) in [6.07, 6.45) is 9.21. The first-order valence-electron chi connectivity index (χ1n) is 5.25. The van der Waals surface area contributed by atoms with E-state index >= 15 is 0 Å². The van der Waals surface area contributed by atoms with Gasteiger partial charge in [0.2, 0.25) is 0 Å². The standard InChI is InChI=1S/C14H15O2.Li/c1-15-13-8-7-12(14(10-13)16-2)9-11-5-3-4-6-11;/h3-8,10H,9H2,1-2H3;/q;+1. The summed E-state index contributed by atoms with van der Waals surface area (Å²) >= 11 is 0. The van der Waals surface area contributed by atoms with Crippen molar-refractivity contribution in [3.8, 4) is 11.5 Å². The van der Waals surface area contributed by atoms with Crippen molar-refractivity contribution in [1.82, 2.24) is 0 Å². The van der Waals surface area contributed by atoms with Gasteiger partial charge in [-0.25, -0.2) is 0 Å². The van der Waals surface area contributed by atoms with Crippen LogP contribution in [0.4, 0.5) is 0 Å². The molecule has 0 atom stereocenters. The van der Waals surface area contributed by atoms with Gasteiger partial charge in [-0.05, 0) is 49.7 Å². The number of rotatable bonds is 4. The van der Waals surface area contributed by atoms with Crippen molar-refractivity contribution >= 4 is 0 Å². The molecule has 1 fully saturated rings. The van der Waals surface area contributed by atoms with E-state index in [1.807, 2.05) is 31.0 Å². The van der Waals surface area contributed by atoms with E-state index in [1.165, 1.54) is 11.5 Å². The van der Waals surface area contributed by atoms with Crippen LogP contribution in [0.5, 0.6) is 11.5 Å². The number of ether oxygens (including phenoxy) is 2. The third kappa shape index (κ3) is 3.69. The molecule has 0 aliphatic heterocycles. The average molecular weight is 222 g/mol. The van der Waals surface area contributed by atoms with Gasteiger partial charge in [-0.3, -0.25) is 0 Å². The Morgan fingerprint density at radius 2 is 1.71 bits per heavy atom. The molecule has 0 amide bonds. The zero-order valence-electron chi connectivity index (χ0n) is 10.6. The van der Waals surface area contributed by atoms with Gasteiger partial charge in [0.15, 0.2) is 0 Å². The van der Waals surface area contributed by atoms with Gasteiger partial charge in [0.25, 0.3) is 0 Å². The van der Waals surface area contributed by atoms with Gasteiger partial charge in [0.05, 0.1) is 14.2 Å². The van der Waals surface area contributed by atoms with Gasteiger partial charge in [-0.15, -0.1) is 0 Å². The Labute approximate surface area is 116 Å². The SMILES string of the molecule is COc1ccc(C[C]2[CH][CH][CH][CH]2)c(OC)c1.[Li+]. The fraction of sp³-hybridized carbons (Fsp3) is 0.214. The molecule has 0 unspecified atom stereocenters. The van der Waals surface area contributed by atoms with Gasteiger partial charge in [-0.1, -0.05) is 6.07 Å². The molecule has 3 heteroatoms. The Hall–Kier alpha value is -0.583.